The highest BCUT2D eigenvalue weighted by molar-refractivity contribution is 5.35. The maximum absolute atomic E-state index is 9.43. The van der Waals surface area contributed by atoms with Crippen LogP contribution in [-0.2, 0) is 0 Å². The van der Waals surface area contributed by atoms with E-state index in [1.54, 1.807) is 0 Å². The molecule has 2 rings (SSSR count). The van der Waals surface area contributed by atoms with E-state index in [2.05, 4.69) is 32.9 Å². The molecule has 0 heterocycles. The molecule has 0 aromatic rings. The van der Waals surface area contributed by atoms with Crippen LogP contribution in [0, 0.1) is 23.2 Å². The Morgan fingerprint density at radius 2 is 1.71 bits per heavy atom. The first-order valence-corrected chi connectivity index (χ1v) is 6.60. The van der Waals surface area contributed by atoms with E-state index in [4.69, 9.17) is 0 Å². The SMILES string of the molecule is C[C@@H]1C=C(CO)C(CO)=C[C@@H]2CC(C)(C)C[C@H]12. The molecule has 0 radical (unpaired) electrons. The lowest BCUT2D eigenvalue weighted by atomic mass is 9.84. The van der Waals surface area contributed by atoms with E-state index in [9.17, 15) is 10.2 Å². The van der Waals surface area contributed by atoms with Gasteiger partial charge in [-0.25, -0.2) is 0 Å². The van der Waals surface area contributed by atoms with Crippen molar-refractivity contribution in [1.29, 1.82) is 0 Å². The van der Waals surface area contributed by atoms with Crippen LogP contribution < -0.4 is 0 Å². The topological polar surface area (TPSA) is 40.5 Å². The zero-order valence-electron chi connectivity index (χ0n) is 11.1. The summed E-state index contributed by atoms with van der Waals surface area (Å²) in [5.41, 5.74) is 2.27. The molecule has 2 aliphatic rings. The number of hydrogen-bond donors (Lipinski definition) is 2. The minimum atomic E-state index is 0.0412. The molecule has 0 unspecified atom stereocenters. The van der Waals surface area contributed by atoms with Crippen molar-refractivity contribution in [3.63, 3.8) is 0 Å². The lowest BCUT2D eigenvalue weighted by Crippen LogP contribution is -2.13. The first-order valence-electron chi connectivity index (χ1n) is 6.60. The smallest absolute Gasteiger partial charge is 0.0682 e. The lowest BCUT2D eigenvalue weighted by molar-refractivity contribution is 0.308. The molecule has 0 amide bonds. The summed E-state index contributed by atoms with van der Waals surface area (Å²) < 4.78 is 0. The first-order chi connectivity index (χ1) is 7.96. The quantitative estimate of drug-likeness (QED) is 0.773. The molecule has 17 heavy (non-hydrogen) atoms. The van der Waals surface area contributed by atoms with Gasteiger partial charge in [0.25, 0.3) is 0 Å². The summed E-state index contributed by atoms with van der Waals surface area (Å²) in [7, 11) is 0. The fourth-order valence-corrected chi connectivity index (χ4v) is 3.64. The molecule has 2 nitrogen and oxygen atoms in total. The predicted octanol–water partition coefficient (Wildman–Crippen LogP) is 2.53. The molecule has 0 saturated heterocycles. The van der Waals surface area contributed by atoms with Crippen molar-refractivity contribution < 1.29 is 10.2 Å². The Hall–Kier alpha value is -0.600. The van der Waals surface area contributed by atoms with Crippen LogP contribution in [0.15, 0.2) is 23.3 Å². The first kappa shape index (κ1) is 12.8. The van der Waals surface area contributed by atoms with Crippen molar-refractivity contribution in [2.75, 3.05) is 13.2 Å². The molecule has 3 atom stereocenters. The summed E-state index contributed by atoms with van der Waals surface area (Å²) in [6, 6.07) is 0. The molecule has 0 bridgehead atoms. The van der Waals surface area contributed by atoms with E-state index in [-0.39, 0.29) is 13.2 Å². The van der Waals surface area contributed by atoms with Gasteiger partial charge in [0.15, 0.2) is 0 Å². The molecule has 2 heteroatoms. The van der Waals surface area contributed by atoms with Gasteiger partial charge in [-0.1, -0.05) is 32.9 Å². The van der Waals surface area contributed by atoms with Gasteiger partial charge in [-0.05, 0) is 47.2 Å². The van der Waals surface area contributed by atoms with E-state index >= 15 is 0 Å². The van der Waals surface area contributed by atoms with Crippen molar-refractivity contribution in [1.82, 2.24) is 0 Å². The van der Waals surface area contributed by atoms with E-state index in [0.29, 0.717) is 23.2 Å². The van der Waals surface area contributed by atoms with Crippen LogP contribution in [0.5, 0.6) is 0 Å². The average molecular weight is 236 g/mol. The maximum atomic E-state index is 9.43. The minimum absolute atomic E-state index is 0.0412. The van der Waals surface area contributed by atoms with Gasteiger partial charge in [0.1, 0.15) is 0 Å². The van der Waals surface area contributed by atoms with Gasteiger partial charge in [0.05, 0.1) is 13.2 Å². The van der Waals surface area contributed by atoms with Crippen LogP contribution in [0.1, 0.15) is 33.6 Å². The lowest BCUT2D eigenvalue weighted by Gasteiger charge is -2.20. The summed E-state index contributed by atoms with van der Waals surface area (Å²) in [6.45, 7) is 6.99. The average Bonchev–Trinajstić information content (AvgIpc) is 2.52. The van der Waals surface area contributed by atoms with Crippen molar-refractivity contribution in [2.45, 2.75) is 33.6 Å². The van der Waals surface area contributed by atoms with Gasteiger partial charge < -0.3 is 10.2 Å². The second-order valence-corrected chi connectivity index (χ2v) is 6.46. The van der Waals surface area contributed by atoms with Crippen LogP contribution >= 0.6 is 0 Å². The van der Waals surface area contributed by atoms with Gasteiger partial charge in [0, 0.05) is 0 Å². The zero-order chi connectivity index (χ0) is 12.6. The largest absolute Gasteiger partial charge is 0.392 e. The summed E-state index contributed by atoms with van der Waals surface area (Å²) >= 11 is 0. The number of allylic oxidation sites excluding steroid dienone is 2. The summed E-state index contributed by atoms with van der Waals surface area (Å²) in [5, 5.41) is 18.8. The summed E-state index contributed by atoms with van der Waals surface area (Å²) in [4.78, 5) is 0. The normalized spacial score (nSPS) is 35.9. The van der Waals surface area contributed by atoms with Crippen LogP contribution in [0.3, 0.4) is 0 Å². The van der Waals surface area contributed by atoms with Gasteiger partial charge in [0.2, 0.25) is 0 Å². The van der Waals surface area contributed by atoms with Gasteiger partial charge in [-0.15, -0.1) is 0 Å². The molecule has 2 N–H and O–H groups in total. The fourth-order valence-electron chi connectivity index (χ4n) is 3.64. The summed E-state index contributed by atoms with van der Waals surface area (Å²) in [5.74, 6) is 1.71. The van der Waals surface area contributed by atoms with Crippen molar-refractivity contribution in [3.8, 4) is 0 Å². The van der Waals surface area contributed by atoms with Crippen LogP contribution in [-0.4, -0.2) is 23.4 Å². The van der Waals surface area contributed by atoms with E-state index in [1.807, 2.05) is 0 Å². The minimum Gasteiger partial charge on any atom is -0.392 e. The Kier molecular flexibility index (Phi) is 3.46. The Labute approximate surface area is 104 Å². The number of aliphatic hydroxyl groups is 2. The molecule has 0 aliphatic heterocycles. The second kappa shape index (κ2) is 4.58. The van der Waals surface area contributed by atoms with Gasteiger partial charge >= 0.3 is 0 Å². The van der Waals surface area contributed by atoms with Crippen LogP contribution in [0.25, 0.3) is 0 Å². The Morgan fingerprint density at radius 3 is 2.29 bits per heavy atom. The van der Waals surface area contributed by atoms with E-state index < -0.39 is 0 Å². The molecule has 1 fully saturated rings. The van der Waals surface area contributed by atoms with Crippen LogP contribution in [0.4, 0.5) is 0 Å². The Morgan fingerprint density at radius 1 is 1.12 bits per heavy atom. The molecular weight excluding hydrogens is 212 g/mol. The molecule has 1 saturated carbocycles. The number of aliphatic hydroxyl groups excluding tert-OH is 2. The number of fused-ring (bicyclic) bond motifs is 1. The number of hydrogen-bond acceptors (Lipinski definition) is 2. The zero-order valence-corrected chi connectivity index (χ0v) is 11.1. The molecule has 0 aromatic heterocycles. The fraction of sp³-hybridized carbons (Fsp3) is 0.733. The number of rotatable bonds is 2. The van der Waals surface area contributed by atoms with Crippen LogP contribution in [0.2, 0.25) is 0 Å². The highest BCUT2D eigenvalue weighted by Crippen LogP contribution is 2.50. The van der Waals surface area contributed by atoms with Crippen molar-refractivity contribution in [3.05, 3.63) is 23.3 Å². The molecule has 96 valence electrons. The van der Waals surface area contributed by atoms with E-state index in [0.717, 1.165) is 11.1 Å². The van der Waals surface area contributed by atoms with Gasteiger partial charge in [-0.3, -0.25) is 0 Å². The molecule has 0 spiro atoms. The van der Waals surface area contributed by atoms with Crippen molar-refractivity contribution in [2.24, 2.45) is 23.2 Å². The molecule has 0 aromatic carbocycles. The highest BCUT2D eigenvalue weighted by atomic mass is 16.3. The van der Waals surface area contributed by atoms with E-state index in [1.165, 1.54) is 12.8 Å². The summed E-state index contributed by atoms with van der Waals surface area (Å²) in [6.07, 6.45) is 6.81. The molecule has 2 aliphatic carbocycles. The predicted molar refractivity (Wildman–Crippen MR) is 69.5 cm³/mol. The highest BCUT2D eigenvalue weighted by Gasteiger charge is 2.41. The second-order valence-electron chi connectivity index (χ2n) is 6.46. The Balaban J connectivity index is 2.33. The maximum Gasteiger partial charge on any atom is 0.0682 e. The third-order valence-electron chi connectivity index (χ3n) is 4.43. The monoisotopic (exact) mass is 236 g/mol. The van der Waals surface area contributed by atoms with Gasteiger partial charge in [-0.2, -0.15) is 0 Å². The molecular formula is C15H24O2. The van der Waals surface area contributed by atoms with Crippen molar-refractivity contribution >= 4 is 0 Å². The third-order valence-corrected chi connectivity index (χ3v) is 4.43. The third kappa shape index (κ3) is 2.48. The Bertz CT molecular complexity index is 352. The standard InChI is InChI=1S/C15H24O2/c1-10-4-12(8-16)13(9-17)5-11-6-15(2,3)7-14(10)11/h4-5,10-11,14,16-17H,6-9H2,1-3H3/t10-,11-,14-/m1/s1.